The van der Waals surface area contributed by atoms with Crippen molar-refractivity contribution in [2.45, 2.75) is 12.3 Å². The Labute approximate surface area is 108 Å². The fourth-order valence-corrected chi connectivity index (χ4v) is 1.75. The average molecular weight is 269 g/mol. The molecule has 0 aromatic heterocycles. The van der Waals surface area contributed by atoms with E-state index in [-0.39, 0.29) is 29.1 Å². The smallest absolute Gasteiger partial charge is 0.310 e. The Morgan fingerprint density at radius 1 is 1.61 bits per heavy atom. The van der Waals surface area contributed by atoms with Crippen molar-refractivity contribution in [2.24, 2.45) is 0 Å². The molecule has 0 aliphatic carbocycles. The molecule has 0 spiro atoms. The Bertz CT molecular complexity index is 537. The summed E-state index contributed by atoms with van der Waals surface area (Å²) in [6, 6.07) is 4.38. The van der Waals surface area contributed by atoms with Gasteiger partial charge in [0.1, 0.15) is 11.6 Å². The lowest BCUT2D eigenvalue weighted by Crippen LogP contribution is -2.09. The molecule has 7 heteroatoms. The van der Waals surface area contributed by atoms with Crippen molar-refractivity contribution in [2.75, 3.05) is 7.11 Å². The predicted octanol–water partition coefficient (Wildman–Crippen LogP) is 1.92. The standard InChI is InChI=1S/C11H9ClN2O4/c1-18-11(15)4-8-7(5-12)2-3-10(14(16)17)9(8)6-13/h2-3H,4-5H2,1H3. The molecule has 0 fully saturated rings. The van der Waals surface area contributed by atoms with Crippen LogP contribution in [0.25, 0.3) is 0 Å². The number of carbonyl (C=O) groups excluding carboxylic acids is 1. The second kappa shape index (κ2) is 5.98. The number of benzene rings is 1. The maximum Gasteiger partial charge on any atom is 0.310 e. The molecule has 94 valence electrons. The number of hydrogen-bond acceptors (Lipinski definition) is 5. The van der Waals surface area contributed by atoms with Crippen LogP contribution >= 0.6 is 11.6 Å². The first-order chi connectivity index (χ1) is 8.54. The van der Waals surface area contributed by atoms with E-state index in [1.165, 1.54) is 19.2 Å². The molecule has 0 saturated heterocycles. The highest BCUT2D eigenvalue weighted by Crippen LogP contribution is 2.26. The van der Waals surface area contributed by atoms with E-state index in [4.69, 9.17) is 16.9 Å². The summed E-state index contributed by atoms with van der Waals surface area (Å²) in [6.07, 6.45) is -0.219. The van der Waals surface area contributed by atoms with Crippen LogP contribution < -0.4 is 0 Å². The topological polar surface area (TPSA) is 93.2 Å². The molecular formula is C11H9ClN2O4. The molecule has 6 nitrogen and oxygen atoms in total. The summed E-state index contributed by atoms with van der Waals surface area (Å²) in [7, 11) is 1.20. The molecule has 0 atom stereocenters. The Morgan fingerprint density at radius 2 is 2.28 bits per heavy atom. The average Bonchev–Trinajstić information content (AvgIpc) is 2.37. The molecule has 0 unspecified atom stereocenters. The highest BCUT2D eigenvalue weighted by Gasteiger charge is 2.22. The van der Waals surface area contributed by atoms with E-state index >= 15 is 0 Å². The summed E-state index contributed by atoms with van der Waals surface area (Å²) >= 11 is 5.69. The Balaban J connectivity index is 3.42. The van der Waals surface area contributed by atoms with Gasteiger partial charge in [0.15, 0.2) is 0 Å². The van der Waals surface area contributed by atoms with Crippen molar-refractivity contribution in [3.8, 4) is 6.07 Å². The molecular weight excluding hydrogens is 260 g/mol. The van der Waals surface area contributed by atoms with Crippen molar-refractivity contribution in [3.63, 3.8) is 0 Å². The SMILES string of the molecule is COC(=O)Cc1c(CCl)ccc([N+](=O)[O-])c1C#N. The first kappa shape index (κ1) is 13.9. The summed E-state index contributed by atoms with van der Waals surface area (Å²) in [6.45, 7) is 0. The first-order valence-electron chi connectivity index (χ1n) is 4.87. The van der Waals surface area contributed by atoms with Crippen LogP contribution in [0.1, 0.15) is 16.7 Å². The summed E-state index contributed by atoms with van der Waals surface area (Å²) in [4.78, 5) is 21.4. The van der Waals surface area contributed by atoms with Gasteiger partial charge >= 0.3 is 5.97 Å². The van der Waals surface area contributed by atoms with Gasteiger partial charge in [0, 0.05) is 11.9 Å². The second-order valence-electron chi connectivity index (χ2n) is 3.35. The number of nitro groups is 1. The van der Waals surface area contributed by atoms with Gasteiger partial charge in [0.2, 0.25) is 0 Å². The number of nitro benzene ring substituents is 1. The molecule has 0 saturated carbocycles. The van der Waals surface area contributed by atoms with Gasteiger partial charge in [0.25, 0.3) is 5.69 Å². The van der Waals surface area contributed by atoms with Gasteiger partial charge in [-0.2, -0.15) is 5.26 Å². The number of rotatable bonds is 4. The van der Waals surface area contributed by atoms with Crippen molar-refractivity contribution < 1.29 is 14.5 Å². The summed E-state index contributed by atoms with van der Waals surface area (Å²) < 4.78 is 4.49. The Hall–Kier alpha value is -2.13. The highest BCUT2D eigenvalue weighted by molar-refractivity contribution is 6.17. The number of hydrogen-bond donors (Lipinski definition) is 0. The number of carbonyl (C=O) groups is 1. The van der Waals surface area contributed by atoms with E-state index in [0.29, 0.717) is 5.56 Å². The number of nitrogens with zero attached hydrogens (tertiary/aromatic N) is 2. The fraction of sp³-hybridized carbons (Fsp3) is 0.273. The molecule has 1 aromatic carbocycles. The largest absolute Gasteiger partial charge is 0.469 e. The van der Waals surface area contributed by atoms with Crippen LogP contribution in [0.5, 0.6) is 0 Å². The third-order valence-electron chi connectivity index (χ3n) is 2.39. The minimum atomic E-state index is -0.669. The third kappa shape index (κ3) is 2.76. The van der Waals surface area contributed by atoms with E-state index in [1.54, 1.807) is 6.07 Å². The summed E-state index contributed by atoms with van der Waals surface area (Å²) in [5, 5.41) is 19.8. The number of methoxy groups -OCH3 is 1. The molecule has 18 heavy (non-hydrogen) atoms. The molecule has 0 heterocycles. The third-order valence-corrected chi connectivity index (χ3v) is 2.68. The van der Waals surface area contributed by atoms with E-state index < -0.39 is 10.9 Å². The monoisotopic (exact) mass is 268 g/mol. The molecule has 0 aliphatic heterocycles. The van der Waals surface area contributed by atoms with Crippen LogP contribution in [0.2, 0.25) is 0 Å². The zero-order valence-electron chi connectivity index (χ0n) is 9.47. The molecule has 0 N–H and O–H groups in total. The fourth-order valence-electron chi connectivity index (χ4n) is 1.50. The lowest BCUT2D eigenvalue weighted by molar-refractivity contribution is -0.385. The normalized spacial score (nSPS) is 9.61. The van der Waals surface area contributed by atoms with E-state index in [9.17, 15) is 14.9 Å². The minimum Gasteiger partial charge on any atom is -0.469 e. The van der Waals surface area contributed by atoms with Crippen molar-refractivity contribution in [1.82, 2.24) is 0 Å². The van der Waals surface area contributed by atoms with Gasteiger partial charge in [-0.15, -0.1) is 11.6 Å². The van der Waals surface area contributed by atoms with Crippen LogP contribution in [0.3, 0.4) is 0 Å². The number of alkyl halides is 1. The first-order valence-corrected chi connectivity index (χ1v) is 5.40. The van der Waals surface area contributed by atoms with Gasteiger partial charge in [-0.05, 0) is 11.1 Å². The van der Waals surface area contributed by atoms with Gasteiger partial charge < -0.3 is 4.74 Å². The van der Waals surface area contributed by atoms with Crippen molar-refractivity contribution >= 4 is 23.3 Å². The summed E-state index contributed by atoms with van der Waals surface area (Å²) in [5.41, 5.74) is 0.256. The maximum atomic E-state index is 11.3. The zero-order chi connectivity index (χ0) is 13.7. The highest BCUT2D eigenvalue weighted by atomic mass is 35.5. The van der Waals surface area contributed by atoms with Crippen LogP contribution in [0.15, 0.2) is 12.1 Å². The van der Waals surface area contributed by atoms with Gasteiger partial charge in [-0.3, -0.25) is 14.9 Å². The number of ether oxygens (including phenoxy) is 1. The van der Waals surface area contributed by atoms with E-state index in [1.807, 2.05) is 0 Å². The van der Waals surface area contributed by atoms with E-state index in [2.05, 4.69) is 4.74 Å². The lowest BCUT2D eigenvalue weighted by Gasteiger charge is -2.08. The zero-order valence-corrected chi connectivity index (χ0v) is 10.2. The molecule has 1 rings (SSSR count). The predicted molar refractivity (Wildman–Crippen MR) is 63.1 cm³/mol. The summed E-state index contributed by atoms with van der Waals surface area (Å²) in [5.74, 6) is -0.530. The second-order valence-corrected chi connectivity index (χ2v) is 3.62. The van der Waals surface area contributed by atoms with Gasteiger partial charge in [-0.25, -0.2) is 0 Å². The number of halogens is 1. The van der Waals surface area contributed by atoms with Crippen LogP contribution in [0, 0.1) is 21.4 Å². The number of esters is 1. The Kier molecular flexibility index (Phi) is 4.63. The van der Waals surface area contributed by atoms with Crippen molar-refractivity contribution in [1.29, 1.82) is 5.26 Å². The van der Waals surface area contributed by atoms with Gasteiger partial charge in [-0.1, -0.05) is 6.07 Å². The van der Waals surface area contributed by atoms with Gasteiger partial charge in [0.05, 0.1) is 18.5 Å². The number of nitriles is 1. The lowest BCUT2D eigenvalue weighted by atomic mass is 9.98. The Morgan fingerprint density at radius 3 is 2.72 bits per heavy atom. The molecule has 0 bridgehead atoms. The van der Waals surface area contributed by atoms with Crippen LogP contribution in [-0.4, -0.2) is 18.0 Å². The van der Waals surface area contributed by atoms with Crippen molar-refractivity contribution in [3.05, 3.63) is 38.9 Å². The molecule has 0 amide bonds. The molecule has 0 aliphatic rings. The minimum absolute atomic E-state index is 0.0546. The quantitative estimate of drug-likeness (QED) is 0.360. The van der Waals surface area contributed by atoms with Crippen LogP contribution in [0.4, 0.5) is 5.69 Å². The van der Waals surface area contributed by atoms with E-state index in [0.717, 1.165) is 0 Å². The maximum absolute atomic E-state index is 11.3. The molecule has 0 radical (unpaired) electrons. The van der Waals surface area contributed by atoms with Crippen LogP contribution in [-0.2, 0) is 21.8 Å². The molecule has 1 aromatic rings.